The molecule has 0 aromatic carbocycles. The van der Waals surface area contributed by atoms with Crippen LogP contribution in [-0.2, 0) is 0 Å². The third-order valence-electron chi connectivity index (χ3n) is 0.288. The Morgan fingerprint density at radius 3 is 2.00 bits per heavy atom. The third-order valence-corrected chi connectivity index (χ3v) is 0.288. The summed E-state index contributed by atoms with van der Waals surface area (Å²) in [4.78, 5) is 0. The Hall–Kier alpha value is -0.120. The van der Waals surface area contributed by atoms with Gasteiger partial charge in [0.1, 0.15) is 0 Å². The molecule has 0 heterocycles. The molecule has 3 heteroatoms. The maximum Gasteiger partial charge on any atom is 0.0579 e. The molecule has 0 aliphatic carbocycles. The SMILES string of the molecule is CC(N)CO.N. The van der Waals surface area contributed by atoms with E-state index in [1.807, 2.05) is 0 Å². The van der Waals surface area contributed by atoms with Crippen molar-refractivity contribution < 1.29 is 5.11 Å². The second kappa shape index (κ2) is 4.88. The second-order valence-corrected chi connectivity index (χ2v) is 1.16. The molecule has 0 saturated carbocycles. The van der Waals surface area contributed by atoms with E-state index in [0.717, 1.165) is 0 Å². The summed E-state index contributed by atoms with van der Waals surface area (Å²) in [5, 5.41) is 8.02. The molecule has 0 aliphatic heterocycles. The molecule has 40 valence electrons. The Morgan fingerprint density at radius 1 is 1.83 bits per heavy atom. The molecule has 0 rings (SSSR count). The summed E-state index contributed by atoms with van der Waals surface area (Å²) in [5.41, 5.74) is 5.04. The number of rotatable bonds is 1. The van der Waals surface area contributed by atoms with Crippen molar-refractivity contribution in [1.29, 1.82) is 0 Å². The third kappa shape index (κ3) is 9.11. The van der Waals surface area contributed by atoms with Gasteiger partial charge in [0.25, 0.3) is 0 Å². The Bertz CT molecular complexity index is 22.8. The van der Waals surface area contributed by atoms with Crippen molar-refractivity contribution in [3.63, 3.8) is 0 Å². The van der Waals surface area contributed by atoms with E-state index >= 15 is 0 Å². The van der Waals surface area contributed by atoms with Crippen molar-refractivity contribution >= 4 is 0 Å². The average Bonchev–Trinajstić information content (AvgIpc) is 1.38. The summed E-state index contributed by atoms with van der Waals surface area (Å²) >= 11 is 0. The zero-order chi connectivity index (χ0) is 4.28. The standard InChI is InChI=1S/C3H9NO.H3N/c1-3(4)2-5;/h3,5H,2,4H2,1H3;1H3. The fraction of sp³-hybridized carbons (Fsp3) is 1.00. The fourth-order valence-electron chi connectivity index (χ4n) is 0. The molecule has 0 bridgehead atoms. The van der Waals surface area contributed by atoms with Gasteiger partial charge in [-0.05, 0) is 6.92 Å². The monoisotopic (exact) mass is 92.1 g/mol. The van der Waals surface area contributed by atoms with Gasteiger partial charge in [0, 0.05) is 6.04 Å². The summed E-state index contributed by atoms with van der Waals surface area (Å²) in [6, 6.07) is -0.0602. The molecular formula is C3H12N2O. The molecule has 0 spiro atoms. The summed E-state index contributed by atoms with van der Waals surface area (Å²) < 4.78 is 0. The lowest BCUT2D eigenvalue weighted by Crippen LogP contribution is -2.18. The maximum atomic E-state index is 8.02. The number of hydrogen-bond donors (Lipinski definition) is 3. The number of aliphatic hydroxyl groups is 1. The van der Waals surface area contributed by atoms with Crippen molar-refractivity contribution in [2.24, 2.45) is 5.73 Å². The van der Waals surface area contributed by atoms with Crippen LogP contribution in [0.4, 0.5) is 0 Å². The van der Waals surface area contributed by atoms with Crippen LogP contribution in [0.3, 0.4) is 0 Å². The van der Waals surface area contributed by atoms with E-state index in [4.69, 9.17) is 10.8 Å². The average molecular weight is 92.1 g/mol. The molecule has 0 fully saturated rings. The highest BCUT2D eigenvalue weighted by atomic mass is 16.3. The summed E-state index contributed by atoms with van der Waals surface area (Å²) in [7, 11) is 0. The van der Waals surface area contributed by atoms with Crippen LogP contribution in [0.5, 0.6) is 0 Å². The topological polar surface area (TPSA) is 81.2 Å². The van der Waals surface area contributed by atoms with Crippen molar-refractivity contribution in [2.75, 3.05) is 6.61 Å². The van der Waals surface area contributed by atoms with Gasteiger partial charge in [0.05, 0.1) is 6.61 Å². The lowest BCUT2D eigenvalue weighted by Gasteiger charge is -1.91. The van der Waals surface area contributed by atoms with Gasteiger partial charge in [-0.3, -0.25) is 0 Å². The molecule has 0 aromatic rings. The van der Waals surface area contributed by atoms with Gasteiger partial charge in [-0.15, -0.1) is 0 Å². The molecule has 1 atom stereocenters. The molecule has 0 aromatic heterocycles. The number of nitrogens with two attached hydrogens (primary N) is 1. The molecule has 3 nitrogen and oxygen atoms in total. The first-order valence-electron chi connectivity index (χ1n) is 1.64. The van der Waals surface area contributed by atoms with E-state index in [1.54, 1.807) is 6.92 Å². The van der Waals surface area contributed by atoms with Crippen LogP contribution in [0.2, 0.25) is 0 Å². The zero-order valence-corrected chi connectivity index (χ0v) is 4.02. The Labute approximate surface area is 37.7 Å². The molecule has 6 N–H and O–H groups in total. The minimum absolute atomic E-state index is 0. The second-order valence-electron chi connectivity index (χ2n) is 1.16. The van der Waals surface area contributed by atoms with Gasteiger partial charge in [-0.2, -0.15) is 0 Å². The predicted octanol–water partition coefficient (Wildman–Crippen LogP) is -0.512. The van der Waals surface area contributed by atoms with E-state index in [2.05, 4.69) is 0 Å². The van der Waals surface area contributed by atoms with Crippen LogP contribution in [0.25, 0.3) is 0 Å². The predicted molar refractivity (Wildman–Crippen MR) is 25.8 cm³/mol. The van der Waals surface area contributed by atoms with Crippen LogP contribution in [-0.4, -0.2) is 17.8 Å². The van der Waals surface area contributed by atoms with E-state index in [0.29, 0.717) is 0 Å². The molecular weight excluding hydrogens is 80.0 g/mol. The van der Waals surface area contributed by atoms with Crippen LogP contribution in [0.15, 0.2) is 0 Å². The fourth-order valence-corrected chi connectivity index (χ4v) is 0. The molecule has 0 radical (unpaired) electrons. The number of hydrogen-bond acceptors (Lipinski definition) is 3. The zero-order valence-electron chi connectivity index (χ0n) is 4.02. The molecule has 0 saturated heterocycles. The van der Waals surface area contributed by atoms with E-state index < -0.39 is 0 Å². The van der Waals surface area contributed by atoms with Gasteiger partial charge >= 0.3 is 0 Å². The highest BCUT2D eigenvalue weighted by Crippen LogP contribution is 1.62. The van der Waals surface area contributed by atoms with Gasteiger partial charge in [0.2, 0.25) is 0 Å². The Kier molecular flexibility index (Phi) is 7.57. The number of aliphatic hydroxyl groups excluding tert-OH is 1. The van der Waals surface area contributed by atoms with Crippen LogP contribution >= 0.6 is 0 Å². The van der Waals surface area contributed by atoms with Gasteiger partial charge < -0.3 is 17.0 Å². The van der Waals surface area contributed by atoms with Crippen molar-refractivity contribution in [3.05, 3.63) is 0 Å². The van der Waals surface area contributed by atoms with E-state index in [9.17, 15) is 0 Å². The van der Waals surface area contributed by atoms with E-state index in [1.165, 1.54) is 0 Å². The highest BCUT2D eigenvalue weighted by molar-refractivity contribution is 4.43. The molecule has 0 amide bonds. The molecule has 6 heavy (non-hydrogen) atoms. The minimum atomic E-state index is -0.0602. The van der Waals surface area contributed by atoms with Crippen molar-refractivity contribution in [3.8, 4) is 0 Å². The van der Waals surface area contributed by atoms with E-state index in [-0.39, 0.29) is 18.8 Å². The maximum absolute atomic E-state index is 8.02. The van der Waals surface area contributed by atoms with Gasteiger partial charge in [-0.25, -0.2) is 0 Å². The molecule has 1 unspecified atom stereocenters. The normalized spacial score (nSPS) is 12.5. The Morgan fingerprint density at radius 2 is 2.00 bits per heavy atom. The lowest BCUT2D eigenvalue weighted by molar-refractivity contribution is 0.273. The first kappa shape index (κ1) is 9.30. The summed E-state index contributed by atoms with van der Waals surface area (Å²) in [6.45, 7) is 1.83. The lowest BCUT2D eigenvalue weighted by atomic mass is 10.4. The van der Waals surface area contributed by atoms with Gasteiger partial charge in [-0.1, -0.05) is 0 Å². The van der Waals surface area contributed by atoms with Crippen molar-refractivity contribution in [2.45, 2.75) is 13.0 Å². The summed E-state index contributed by atoms with van der Waals surface area (Å²) in [6.07, 6.45) is 0. The highest BCUT2D eigenvalue weighted by Gasteiger charge is 1.81. The Balaban J connectivity index is 0. The van der Waals surface area contributed by atoms with Crippen LogP contribution in [0.1, 0.15) is 6.92 Å². The van der Waals surface area contributed by atoms with Crippen LogP contribution < -0.4 is 11.9 Å². The minimum Gasteiger partial charge on any atom is -0.395 e. The smallest absolute Gasteiger partial charge is 0.0579 e. The van der Waals surface area contributed by atoms with Crippen LogP contribution in [0, 0.1) is 0 Å². The van der Waals surface area contributed by atoms with Gasteiger partial charge in [0.15, 0.2) is 0 Å². The quantitative estimate of drug-likeness (QED) is 0.407. The largest absolute Gasteiger partial charge is 0.395 e. The van der Waals surface area contributed by atoms with Crippen molar-refractivity contribution in [1.82, 2.24) is 6.15 Å². The molecule has 0 aliphatic rings. The first-order valence-corrected chi connectivity index (χ1v) is 1.64. The first-order chi connectivity index (χ1) is 2.27. The summed E-state index contributed by atoms with van der Waals surface area (Å²) in [5.74, 6) is 0.